The molecule has 1 fully saturated rings. The summed E-state index contributed by atoms with van der Waals surface area (Å²) in [4.78, 5) is 0. The number of hydrogen-bond donors (Lipinski definition) is 0. The van der Waals surface area contributed by atoms with E-state index in [1.807, 2.05) is 0 Å². The largest absolute Gasteiger partial charge is 0.0925 e. The third-order valence-corrected chi connectivity index (χ3v) is 4.49. The molecule has 0 aliphatic heterocycles. The molecule has 0 unspecified atom stereocenters. The fourth-order valence-corrected chi connectivity index (χ4v) is 3.22. The standard InChI is InChI=1S/C14H19Br/c1-11-3-2-4-14(9-11)13-7-5-12(10-15)6-8-13/h2-4,9,12-13H,5-8,10H2,1H3. The lowest BCUT2D eigenvalue weighted by Gasteiger charge is -2.27. The first kappa shape index (κ1) is 11.2. The highest BCUT2D eigenvalue weighted by atomic mass is 79.9. The van der Waals surface area contributed by atoms with Crippen molar-refractivity contribution in [3.05, 3.63) is 35.4 Å². The molecule has 0 heterocycles. The molecule has 0 atom stereocenters. The number of benzene rings is 1. The summed E-state index contributed by atoms with van der Waals surface area (Å²) in [6, 6.07) is 9.04. The second kappa shape index (κ2) is 5.16. The van der Waals surface area contributed by atoms with Crippen molar-refractivity contribution >= 4 is 15.9 Å². The van der Waals surface area contributed by atoms with Crippen LogP contribution in [-0.4, -0.2) is 5.33 Å². The van der Waals surface area contributed by atoms with Gasteiger partial charge in [0.25, 0.3) is 0 Å². The zero-order valence-electron chi connectivity index (χ0n) is 9.38. The number of hydrogen-bond acceptors (Lipinski definition) is 0. The second-order valence-corrected chi connectivity index (χ2v) is 5.43. The topological polar surface area (TPSA) is 0 Å². The second-order valence-electron chi connectivity index (χ2n) is 4.79. The van der Waals surface area contributed by atoms with Crippen LogP contribution in [0, 0.1) is 12.8 Å². The summed E-state index contributed by atoms with van der Waals surface area (Å²) in [5.41, 5.74) is 2.96. The van der Waals surface area contributed by atoms with Gasteiger partial charge in [0.05, 0.1) is 0 Å². The van der Waals surface area contributed by atoms with Gasteiger partial charge in [-0.25, -0.2) is 0 Å². The third kappa shape index (κ3) is 2.84. The maximum absolute atomic E-state index is 3.60. The molecule has 0 saturated heterocycles. The Hall–Kier alpha value is -0.300. The molecular formula is C14H19Br. The molecule has 1 heteroatoms. The first-order valence-electron chi connectivity index (χ1n) is 5.92. The third-order valence-electron chi connectivity index (χ3n) is 3.58. The number of halogens is 1. The zero-order chi connectivity index (χ0) is 10.7. The fraction of sp³-hybridized carbons (Fsp3) is 0.571. The molecule has 1 aliphatic rings. The molecule has 0 N–H and O–H groups in total. The van der Waals surface area contributed by atoms with E-state index >= 15 is 0 Å². The molecule has 1 aromatic rings. The molecule has 0 radical (unpaired) electrons. The molecule has 1 saturated carbocycles. The first-order valence-corrected chi connectivity index (χ1v) is 7.04. The normalized spacial score (nSPS) is 26.5. The Morgan fingerprint density at radius 3 is 2.53 bits per heavy atom. The van der Waals surface area contributed by atoms with Crippen LogP contribution < -0.4 is 0 Å². The lowest BCUT2D eigenvalue weighted by atomic mass is 9.79. The van der Waals surface area contributed by atoms with E-state index in [2.05, 4.69) is 47.1 Å². The average molecular weight is 267 g/mol. The smallest absolute Gasteiger partial charge is 0.00596 e. The number of rotatable bonds is 2. The van der Waals surface area contributed by atoms with Crippen LogP contribution in [0.4, 0.5) is 0 Å². The van der Waals surface area contributed by atoms with Crippen molar-refractivity contribution in [2.24, 2.45) is 5.92 Å². The van der Waals surface area contributed by atoms with E-state index in [1.165, 1.54) is 36.6 Å². The van der Waals surface area contributed by atoms with Crippen molar-refractivity contribution in [1.82, 2.24) is 0 Å². The minimum atomic E-state index is 0.820. The van der Waals surface area contributed by atoms with Crippen molar-refractivity contribution in [1.29, 1.82) is 0 Å². The van der Waals surface area contributed by atoms with Crippen molar-refractivity contribution in [3.63, 3.8) is 0 Å². The fourth-order valence-electron chi connectivity index (χ4n) is 2.57. The van der Waals surface area contributed by atoms with Crippen LogP contribution in [0.5, 0.6) is 0 Å². The Labute approximate surface area is 101 Å². The van der Waals surface area contributed by atoms with Crippen LogP contribution in [0.2, 0.25) is 0 Å². The molecule has 1 aliphatic carbocycles. The molecule has 15 heavy (non-hydrogen) atoms. The predicted octanol–water partition coefficient (Wildman–Crippen LogP) is 4.66. The van der Waals surface area contributed by atoms with Gasteiger partial charge in [0.2, 0.25) is 0 Å². The van der Waals surface area contributed by atoms with Crippen molar-refractivity contribution < 1.29 is 0 Å². The maximum atomic E-state index is 3.60. The Balaban J connectivity index is 2.01. The minimum absolute atomic E-state index is 0.820. The Morgan fingerprint density at radius 2 is 1.93 bits per heavy atom. The van der Waals surface area contributed by atoms with E-state index in [0.29, 0.717) is 0 Å². The molecule has 82 valence electrons. The van der Waals surface area contributed by atoms with Gasteiger partial charge in [-0.2, -0.15) is 0 Å². The van der Waals surface area contributed by atoms with E-state index in [-0.39, 0.29) is 0 Å². The monoisotopic (exact) mass is 266 g/mol. The lowest BCUT2D eigenvalue weighted by Crippen LogP contribution is -2.14. The summed E-state index contributed by atoms with van der Waals surface area (Å²) < 4.78 is 0. The van der Waals surface area contributed by atoms with E-state index in [0.717, 1.165) is 11.8 Å². The molecule has 2 rings (SSSR count). The van der Waals surface area contributed by atoms with Gasteiger partial charge in [-0.05, 0) is 50.0 Å². The van der Waals surface area contributed by atoms with E-state index in [9.17, 15) is 0 Å². The maximum Gasteiger partial charge on any atom is 0.00596 e. The van der Waals surface area contributed by atoms with Crippen LogP contribution >= 0.6 is 15.9 Å². The van der Waals surface area contributed by atoms with Gasteiger partial charge in [-0.15, -0.1) is 0 Å². The highest BCUT2D eigenvalue weighted by Crippen LogP contribution is 2.36. The number of aryl methyl sites for hydroxylation is 1. The van der Waals surface area contributed by atoms with Gasteiger partial charge in [0.1, 0.15) is 0 Å². The van der Waals surface area contributed by atoms with Crippen LogP contribution in [0.15, 0.2) is 24.3 Å². The summed E-state index contributed by atoms with van der Waals surface area (Å²) >= 11 is 3.60. The van der Waals surface area contributed by atoms with Crippen LogP contribution in [0.25, 0.3) is 0 Å². The molecule has 0 aromatic heterocycles. The summed E-state index contributed by atoms with van der Waals surface area (Å²) in [7, 11) is 0. The van der Waals surface area contributed by atoms with Crippen LogP contribution in [0.3, 0.4) is 0 Å². The molecule has 0 nitrogen and oxygen atoms in total. The average Bonchev–Trinajstić information content (AvgIpc) is 2.29. The van der Waals surface area contributed by atoms with Gasteiger partial charge in [-0.3, -0.25) is 0 Å². The van der Waals surface area contributed by atoms with Gasteiger partial charge in [0, 0.05) is 5.33 Å². The zero-order valence-corrected chi connectivity index (χ0v) is 11.0. The van der Waals surface area contributed by atoms with E-state index in [1.54, 1.807) is 5.56 Å². The Morgan fingerprint density at radius 1 is 1.20 bits per heavy atom. The summed E-state index contributed by atoms with van der Waals surface area (Å²) in [6.45, 7) is 2.19. The Bertz CT molecular complexity index is 311. The van der Waals surface area contributed by atoms with Crippen molar-refractivity contribution in [2.45, 2.75) is 38.5 Å². The van der Waals surface area contributed by atoms with Crippen molar-refractivity contribution in [3.8, 4) is 0 Å². The summed E-state index contributed by atoms with van der Waals surface area (Å²) in [5, 5.41) is 1.19. The minimum Gasteiger partial charge on any atom is -0.0925 e. The Kier molecular flexibility index (Phi) is 3.85. The van der Waals surface area contributed by atoms with Gasteiger partial charge in [0.15, 0.2) is 0 Å². The van der Waals surface area contributed by atoms with Crippen LogP contribution in [-0.2, 0) is 0 Å². The highest BCUT2D eigenvalue weighted by Gasteiger charge is 2.21. The summed E-state index contributed by atoms with van der Waals surface area (Å²) in [6.07, 6.45) is 5.53. The predicted molar refractivity (Wildman–Crippen MR) is 69.7 cm³/mol. The van der Waals surface area contributed by atoms with Crippen molar-refractivity contribution in [2.75, 3.05) is 5.33 Å². The highest BCUT2D eigenvalue weighted by molar-refractivity contribution is 9.09. The van der Waals surface area contributed by atoms with Gasteiger partial charge >= 0.3 is 0 Å². The SMILES string of the molecule is Cc1cccc(C2CCC(CBr)CC2)c1. The quantitative estimate of drug-likeness (QED) is 0.683. The molecule has 0 spiro atoms. The van der Waals surface area contributed by atoms with E-state index in [4.69, 9.17) is 0 Å². The molecule has 0 bridgehead atoms. The lowest BCUT2D eigenvalue weighted by molar-refractivity contribution is 0.354. The van der Waals surface area contributed by atoms with Crippen LogP contribution in [0.1, 0.15) is 42.7 Å². The van der Waals surface area contributed by atoms with Gasteiger partial charge < -0.3 is 0 Å². The number of alkyl halides is 1. The van der Waals surface area contributed by atoms with Gasteiger partial charge in [-0.1, -0.05) is 45.8 Å². The molecular weight excluding hydrogens is 248 g/mol. The first-order chi connectivity index (χ1) is 7.29. The van der Waals surface area contributed by atoms with E-state index < -0.39 is 0 Å². The molecule has 0 amide bonds. The summed E-state index contributed by atoms with van der Waals surface area (Å²) in [5.74, 6) is 1.74. The molecule has 1 aromatic carbocycles.